The first-order chi connectivity index (χ1) is 7.72. The Labute approximate surface area is 102 Å². The zero-order valence-corrected chi connectivity index (χ0v) is 10.3. The van der Waals surface area contributed by atoms with Gasteiger partial charge < -0.3 is 4.42 Å². The van der Waals surface area contributed by atoms with E-state index in [4.69, 9.17) is 4.42 Å². The monoisotopic (exact) mass is 279 g/mol. The van der Waals surface area contributed by atoms with Gasteiger partial charge >= 0.3 is 0 Å². The zero-order valence-electron chi connectivity index (χ0n) is 8.74. The van der Waals surface area contributed by atoms with Crippen LogP contribution in [-0.2, 0) is 5.33 Å². The Bertz CT molecular complexity index is 505. The maximum Gasteiger partial charge on any atom is 0.227 e. The number of hydrogen-bond acceptors (Lipinski definition) is 3. The fraction of sp³-hybridized carbons (Fsp3) is 0.167. The molecule has 82 valence electrons. The average molecular weight is 280 g/mol. The number of alkyl halides is 1. The summed E-state index contributed by atoms with van der Waals surface area (Å²) in [7, 11) is 0. The molecule has 16 heavy (non-hydrogen) atoms. The molecule has 0 radical (unpaired) electrons. The van der Waals surface area contributed by atoms with Crippen LogP contribution in [0.1, 0.15) is 23.2 Å². The number of benzene rings is 1. The van der Waals surface area contributed by atoms with E-state index in [1.54, 1.807) is 0 Å². The van der Waals surface area contributed by atoms with Gasteiger partial charge in [0, 0.05) is 17.8 Å². The Morgan fingerprint density at radius 2 is 2.06 bits per heavy atom. The lowest BCUT2D eigenvalue weighted by Gasteiger charge is -1.92. The Morgan fingerprint density at radius 1 is 1.38 bits per heavy atom. The van der Waals surface area contributed by atoms with Crippen molar-refractivity contribution in [1.29, 1.82) is 0 Å². The Hall–Kier alpha value is -1.42. The molecule has 0 aliphatic rings. The second-order valence-corrected chi connectivity index (χ2v) is 3.91. The summed E-state index contributed by atoms with van der Waals surface area (Å²) < 4.78 is 5.46. The van der Waals surface area contributed by atoms with Gasteiger partial charge in [-0.2, -0.15) is 0 Å². The van der Waals surface area contributed by atoms with Crippen LogP contribution in [0, 0.1) is 0 Å². The van der Waals surface area contributed by atoms with Gasteiger partial charge in [-0.15, -0.1) is 0 Å². The van der Waals surface area contributed by atoms with E-state index < -0.39 is 0 Å². The lowest BCUT2D eigenvalue weighted by molar-refractivity contribution is 0.0987. The van der Waals surface area contributed by atoms with Crippen molar-refractivity contribution in [2.24, 2.45) is 0 Å². The summed E-state index contributed by atoms with van der Waals surface area (Å²) in [5.41, 5.74) is 1.52. The molecule has 0 unspecified atom stereocenters. The molecule has 2 rings (SSSR count). The van der Waals surface area contributed by atoms with E-state index in [2.05, 4.69) is 20.9 Å². The van der Waals surface area contributed by atoms with Crippen molar-refractivity contribution < 1.29 is 9.21 Å². The topological polar surface area (TPSA) is 43.1 Å². The number of oxazole rings is 1. The molecule has 1 heterocycles. The highest BCUT2D eigenvalue weighted by atomic mass is 79.9. The van der Waals surface area contributed by atoms with Gasteiger partial charge in [0.15, 0.2) is 11.5 Å². The summed E-state index contributed by atoms with van der Waals surface area (Å²) in [5.74, 6) is 0.708. The largest absolute Gasteiger partial charge is 0.433 e. The van der Waals surface area contributed by atoms with E-state index in [1.165, 1.54) is 6.92 Å². The van der Waals surface area contributed by atoms with Crippen molar-refractivity contribution in [2.75, 3.05) is 0 Å². The molecule has 0 saturated heterocycles. The summed E-state index contributed by atoms with van der Waals surface area (Å²) in [6.07, 6.45) is 0. The summed E-state index contributed by atoms with van der Waals surface area (Å²) in [6, 6.07) is 9.52. The van der Waals surface area contributed by atoms with Gasteiger partial charge in [0.05, 0.1) is 0 Å². The van der Waals surface area contributed by atoms with E-state index in [0.717, 1.165) is 5.56 Å². The molecule has 0 aliphatic carbocycles. The number of carbonyl (C=O) groups is 1. The van der Waals surface area contributed by atoms with Gasteiger partial charge in [-0.3, -0.25) is 4.79 Å². The van der Waals surface area contributed by atoms with Gasteiger partial charge in [-0.1, -0.05) is 34.1 Å². The molecule has 0 amide bonds. The van der Waals surface area contributed by atoms with Crippen LogP contribution >= 0.6 is 15.9 Å². The average Bonchev–Trinajstić information content (AvgIpc) is 2.74. The van der Waals surface area contributed by atoms with Crippen molar-refractivity contribution in [3.63, 3.8) is 0 Å². The zero-order chi connectivity index (χ0) is 11.5. The molecular formula is C12H10BrNO2. The second kappa shape index (κ2) is 4.61. The molecule has 0 aliphatic heterocycles. The molecule has 0 bridgehead atoms. The Kier molecular flexibility index (Phi) is 3.19. The van der Waals surface area contributed by atoms with Crippen molar-refractivity contribution in [3.8, 4) is 11.5 Å². The quantitative estimate of drug-likeness (QED) is 0.639. The van der Waals surface area contributed by atoms with Gasteiger partial charge in [0.25, 0.3) is 0 Å². The number of carbonyl (C=O) groups excluding carboxylic acids is 1. The lowest BCUT2D eigenvalue weighted by Crippen LogP contribution is -1.93. The van der Waals surface area contributed by atoms with Crippen LogP contribution in [0.4, 0.5) is 0 Å². The van der Waals surface area contributed by atoms with Crippen molar-refractivity contribution >= 4 is 21.7 Å². The molecule has 3 nitrogen and oxygen atoms in total. The van der Waals surface area contributed by atoms with E-state index in [1.807, 2.05) is 30.3 Å². The molecule has 0 fully saturated rings. The third kappa shape index (κ3) is 2.07. The third-order valence-electron chi connectivity index (χ3n) is 2.16. The number of nitrogens with zero attached hydrogens (tertiary/aromatic N) is 1. The first-order valence-corrected chi connectivity index (χ1v) is 5.96. The summed E-state index contributed by atoms with van der Waals surface area (Å²) in [5, 5.41) is 0.512. The molecule has 0 N–H and O–H groups in total. The highest BCUT2D eigenvalue weighted by Gasteiger charge is 2.16. The Morgan fingerprint density at radius 3 is 2.56 bits per heavy atom. The minimum atomic E-state index is -0.107. The smallest absolute Gasteiger partial charge is 0.227 e. The third-order valence-corrected chi connectivity index (χ3v) is 2.70. The highest BCUT2D eigenvalue weighted by Crippen LogP contribution is 2.23. The normalized spacial score (nSPS) is 10.4. The predicted molar refractivity (Wildman–Crippen MR) is 64.6 cm³/mol. The number of aromatic nitrogens is 1. The second-order valence-electron chi connectivity index (χ2n) is 3.35. The maximum atomic E-state index is 11.3. The predicted octanol–water partition coefficient (Wildman–Crippen LogP) is 3.44. The molecular weight excluding hydrogens is 270 g/mol. The van der Waals surface area contributed by atoms with Crippen molar-refractivity contribution in [2.45, 2.75) is 12.3 Å². The molecule has 2 aromatic rings. The fourth-order valence-corrected chi connectivity index (χ4v) is 1.80. The van der Waals surface area contributed by atoms with Crippen molar-refractivity contribution in [1.82, 2.24) is 4.98 Å². The number of hydrogen-bond donors (Lipinski definition) is 0. The maximum absolute atomic E-state index is 11.3. The van der Waals surface area contributed by atoms with Crippen LogP contribution in [0.2, 0.25) is 0 Å². The SMILES string of the molecule is CC(=O)c1oc(-c2ccccc2)nc1CBr. The molecule has 0 saturated carbocycles. The standard InChI is InChI=1S/C12H10BrNO2/c1-8(15)11-10(7-13)14-12(16-11)9-5-3-2-4-6-9/h2-6H,7H2,1H3. The van der Waals surface area contributed by atoms with E-state index in [-0.39, 0.29) is 5.78 Å². The minimum absolute atomic E-state index is 0.107. The molecule has 1 aromatic carbocycles. The first-order valence-electron chi connectivity index (χ1n) is 4.84. The summed E-state index contributed by atoms with van der Waals surface area (Å²) in [4.78, 5) is 15.6. The minimum Gasteiger partial charge on any atom is -0.433 e. The van der Waals surface area contributed by atoms with E-state index in [0.29, 0.717) is 22.7 Å². The first kappa shape index (κ1) is 11.1. The van der Waals surface area contributed by atoms with Gasteiger partial charge in [-0.05, 0) is 12.1 Å². The number of halogens is 1. The Balaban J connectivity index is 2.48. The van der Waals surface area contributed by atoms with Crippen LogP contribution in [0.25, 0.3) is 11.5 Å². The van der Waals surface area contributed by atoms with Gasteiger partial charge in [0.2, 0.25) is 5.89 Å². The van der Waals surface area contributed by atoms with E-state index >= 15 is 0 Å². The van der Waals surface area contributed by atoms with Crippen LogP contribution in [0.15, 0.2) is 34.7 Å². The van der Waals surface area contributed by atoms with Gasteiger partial charge in [0.1, 0.15) is 5.69 Å². The fourth-order valence-electron chi connectivity index (χ4n) is 1.42. The van der Waals surface area contributed by atoms with Crippen LogP contribution in [-0.4, -0.2) is 10.8 Å². The number of rotatable bonds is 3. The van der Waals surface area contributed by atoms with Crippen LogP contribution in [0.3, 0.4) is 0 Å². The summed E-state index contributed by atoms with van der Waals surface area (Å²) in [6.45, 7) is 1.47. The number of ketones is 1. The van der Waals surface area contributed by atoms with Gasteiger partial charge in [-0.25, -0.2) is 4.98 Å². The molecule has 0 atom stereocenters. The highest BCUT2D eigenvalue weighted by molar-refractivity contribution is 9.08. The van der Waals surface area contributed by atoms with E-state index in [9.17, 15) is 4.79 Å². The summed E-state index contributed by atoms with van der Waals surface area (Å²) >= 11 is 3.29. The van der Waals surface area contributed by atoms with Crippen molar-refractivity contribution in [3.05, 3.63) is 41.8 Å². The molecule has 0 spiro atoms. The molecule has 4 heteroatoms. The number of Topliss-reactive ketones (excluding diaryl/α,β-unsaturated/α-hetero) is 1. The van der Waals surface area contributed by atoms with Crippen LogP contribution in [0.5, 0.6) is 0 Å². The lowest BCUT2D eigenvalue weighted by atomic mass is 10.2. The molecule has 1 aromatic heterocycles. The van der Waals surface area contributed by atoms with Crippen LogP contribution < -0.4 is 0 Å².